The molecule has 8 heteroatoms. The minimum Gasteiger partial charge on any atom is -0.469 e. The van der Waals surface area contributed by atoms with Crippen LogP contribution >= 0.6 is 0 Å². The second-order valence-electron chi connectivity index (χ2n) is 9.62. The molecular formula is C26H38N2O6. The molecule has 1 aliphatic carbocycles. The zero-order chi connectivity index (χ0) is 25.2. The topological polar surface area (TPSA) is 85.4 Å². The molecular weight excluding hydrogens is 436 g/mol. The summed E-state index contributed by atoms with van der Waals surface area (Å²) in [5.74, 6) is -0.362. The van der Waals surface area contributed by atoms with Crippen LogP contribution in [-0.4, -0.2) is 72.9 Å². The Morgan fingerprint density at radius 1 is 1.06 bits per heavy atom. The number of carbonyl (C=O) groups excluding carboxylic acids is 3. The van der Waals surface area contributed by atoms with Gasteiger partial charge in [-0.05, 0) is 46.5 Å². The van der Waals surface area contributed by atoms with Gasteiger partial charge in [0.25, 0.3) is 0 Å². The van der Waals surface area contributed by atoms with Gasteiger partial charge in [-0.1, -0.05) is 49.1 Å². The van der Waals surface area contributed by atoms with Crippen LogP contribution in [0.4, 0.5) is 9.59 Å². The van der Waals surface area contributed by atoms with Gasteiger partial charge in [0.15, 0.2) is 0 Å². The Morgan fingerprint density at radius 3 is 2.00 bits per heavy atom. The Hall–Kier alpha value is -3.03. The van der Waals surface area contributed by atoms with Gasteiger partial charge in [-0.2, -0.15) is 0 Å². The molecule has 1 saturated heterocycles. The maximum absolute atomic E-state index is 12.7. The fourth-order valence-electron chi connectivity index (χ4n) is 3.74. The number of carbonyl (C=O) groups is 3. The summed E-state index contributed by atoms with van der Waals surface area (Å²) >= 11 is 0. The van der Waals surface area contributed by atoms with Gasteiger partial charge in [0, 0.05) is 25.7 Å². The molecule has 1 aromatic rings. The van der Waals surface area contributed by atoms with Gasteiger partial charge in [-0.15, -0.1) is 0 Å². The number of amides is 2. The second-order valence-corrected chi connectivity index (χ2v) is 9.62. The lowest BCUT2D eigenvalue weighted by Gasteiger charge is -2.42. The molecule has 1 heterocycles. The summed E-state index contributed by atoms with van der Waals surface area (Å²) in [6.45, 7) is 10.1. The Morgan fingerprint density at radius 2 is 1.59 bits per heavy atom. The predicted molar refractivity (Wildman–Crippen MR) is 129 cm³/mol. The fourth-order valence-corrected chi connectivity index (χ4v) is 3.74. The third-order valence-electron chi connectivity index (χ3n) is 5.68. The molecule has 1 aliphatic heterocycles. The first-order chi connectivity index (χ1) is 16.1. The third-order valence-corrected chi connectivity index (χ3v) is 5.68. The van der Waals surface area contributed by atoms with Gasteiger partial charge < -0.3 is 24.0 Å². The van der Waals surface area contributed by atoms with Gasteiger partial charge >= 0.3 is 18.2 Å². The van der Waals surface area contributed by atoms with Crippen molar-refractivity contribution >= 4 is 18.2 Å². The van der Waals surface area contributed by atoms with Gasteiger partial charge in [-0.3, -0.25) is 4.79 Å². The van der Waals surface area contributed by atoms with E-state index < -0.39 is 23.2 Å². The van der Waals surface area contributed by atoms with Crippen LogP contribution in [0.3, 0.4) is 0 Å². The van der Waals surface area contributed by atoms with E-state index >= 15 is 0 Å². The SMILES string of the molecule is C=CCOC(=O)N(CC1(C(=O)OC)CCN(C(=O)OC(C)(C)C)CC1)C1CC1.c1ccccc1. The highest BCUT2D eigenvalue weighted by Gasteiger charge is 2.48. The van der Waals surface area contributed by atoms with Crippen molar-refractivity contribution < 1.29 is 28.6 Å². The van der Waals surface area contributed by atoms with Crippen LogP contribution in [0, 0.1) is 5.41 Å². The number of esters is 1. The molecule has 2 fully saturated rings. The summed E-state index contributed by atoms with van der Waals surface area (Å²) in [6, 6.07) is 12.1. The second kappa shape index (κ2) is 12.4. The molecule has 0 unspecified atom stereocenters. The molecule has 1 saturated carbocycles. The predicted octanol–water partition coefficient (Wildman–Crippen LogP) is 4.65. The minimum atomic E-state index is -0.858. The lowest BCUT2D eigenvalue weighted by molar-refractivity contribution is -0.157. The van der Waals surface area contributed by atoms with Crippen LogP contribution in [-0.2, 0) is 19.0 Å². The van der Waals surface area contributed by atoms with E-state index in [1.54, 1.807) is 9.80 Å². The van der Waals surface area contributed by atoms with Gasteiger partial charge in [0.05, 0.1) is 12.5 Å². The monoisotopic (exact) mass is 474 g/mol. The van der Waals surface area contributed by atoms with Gasteiger partial charge in [-0.25, -0.2) is 9.59 Å². The average molecular weight is 475 g/mol. The Kier molecular flexibility index (Phi) is 9.96. The van der Waals surface area contributed by atoms with Crippen LogP contribution < -0.4 is 0 Å². The largest absolute Gasteiger partial charge is 0.469 e. The molecule has 8 nitrogen and oxygen atoms in total. The van der Waals surface area contributed by atoms with Gasteiger partial charge in [0.1, 0.15) is 12.2 Å². The number of nitrogens with zero attached hydrogens (tertiary/aromatic N) is 2. The quantitative estimate of drug-likeness (QED) is 0.339. The third kappa shape index (κ3) is 8.39. The summed E-state index contributed by atoms with van der Waals surface area (Å²) in [5.41, 5.74) is -1.44. The summed E-state index contributed by atoms with van der Waals surface area (Å²) in [6.07, 6.45) is 3.26. The van der Waals surface area contributed by atoms with Crippen LogP contribution in [0.5, 0.6) is 0 Å². The van der Waals surface area contributed by atoms with E-state index in [4.69, 9.17) is 14.2 Å². The van der Waals surface area contributed by atoms with Crippen molar-refractivity contribution in [2.24, 2.45) is 5.41 Å². The maximum atomic E-state index is 12.7. The highest BCUT2D eigenvalue weighted by molar-refractivity contribution is 5.79. The molecule has 0 N–H and O–H groups in total. The Bertz CT molecular complexity index is 782. The summed E-state index contributed by atoms with van der Waals surface area (Å²) in [7, 11) is 1.35. The molecule has 34 heavy (non-hydrogen) atoms. The van der Waals surface area contributed by atoms with Crippen molar-refractivity contribution in [1.82, 2.24) is 9.80 Å². The van der Waals surface area contributed by atoms with E-state index in [1.165, 1.54) is 13.2 Å². The average Bonchev–Trinajstić information content (AvgIpc) is 3.66. The van der Waals surface area contributed by atoms with E-state index in [0.29, 0.717) is 25.9 Å². The summed E-state index contributed by atoms with van der Waals surface area (Å²) in [5, 5.41) is 0. The van der Waals surface area contributed by atoms with Gasteiger partial charge in [0.2, 0.25) is 0 Å². The van der Waals surface area contributed by atoms with E-state index in [0.717, 1.165) is 12.8 Å². The Labute approximate surface area is 202 Å². The fraction of sp³-hybridized carbons (Fsp3) is 0.577. The molecule has 2 aliphatic rings. The lowest BCUT2D eigenvalue weighted by Crippen LogP contribution is -2.54. The van der Waals surface area contributed by atoms with Crippen molar-refractivity contribution in [2.45, 2.75) is 58.1 Å². The first kappa shape index (κ1) is 27.2. The molecule has 3 rings (SSSR count). The molecule has 0 aromatic heterocycles. The van der Waals surface area contributed by atoms with E-state index in [-0.39, 0.29) is 25.2 Å². The van der Waals surface area contributed by atoms with Crippen LogP contribution in [0.2, 0.25) is 0 Å². The number of hydrogen-bond acceptors (Lipinski definition) is 6. The maximum Gasteiger partial charge on any atom is 0.410 e. The summed E-state index contributed by atoms with van der Waals surface area (Å²) < 4.78 is 15.7. The molecule has 0 bridgehead atoms. The molecule has 0 atom stereocenters. The molecule has 0 radical (unpaired) electrons. The number of ether oxygens (including phenoxy) is 3. The number of rotatable bonds is 6. The molecule has 2 amide bonds. The number of likely N-dealkylation sites (tertiary alicyclic amines) is 1. The minimum absolute atomic E-state index is 0.0859. The number of hydrogen-bond donors (Lipinski definition) is 0. The molecule has 0 spiro atoms. The van der Waals surface area contributed by atoms with E-state index in [9.17, 15) is 14.4 Å². The van der Waals surface area contributed by atoms with Crippen LogP contribution in [0.1, 0.15) is 46.5 Å². The normalized spacial score (nSPS) is 16.9. The number of methoxy groups -OCH3 is 1. The van der Waals surface area contributed by atoms with Crippen molar-refractivity contribution in [3.8, 4) is 0 Å². The van der Waals surface area contributed by atoms with E-state index in [2.05, 4.69) is 6.58 Å². The van der Waals surface area contributed by atoms with E-state index in [1.807, 2.05) is 57.2 Å². The highest BCUT2D eigenvalue weighted by Crippen LogP contribution is 2.38. The lowest BCUT2D eigenvalue weighted by atomic mass is 9.77. The Balaban J connectivity index is 0.000000589. The van der Waals surface area contributed by atoms with Crippen LogP contribution in [0.15, 0.2) is 49.1 Å². The van der Waals surface area contributed by atoms with Crippen LogP contribution in [0.25, 0.3) is 0 Å². The highest BCUT2D eigenvalue weighted by atomic mass is 16.6. The smallest absolute Gasteiger partial charge is 0.410 e. The molecule has 1 aromatic carbocycles. The van der Waals surface area contributed by atoms with Crippen molar-refractivity contribution in [3.05, 3.63) is 49.1 Å². The standard InChI is InChI=1S/C20H32N2O6.C6H6/c1-6-13-27-18(25)22(15-7-8-15)14-20(16(23)26-5)9-11-21(12-10-20)17(24)28-19(2,3)4;1-2-4-6-5-3-1/h6,15H,1,7-14H2,2-5H3;1-6H. The van der Waals surface area contributed by atoms with Crippen molar-refractivity contribution in [3.63, 3.8) is 0 Å². The number of benzene rings is 1. The zero-order valence-corrected chi connectivity index (χ0v) is 20.8. The first-order valence-corrected chi connectivity index (χ1v) is 11.7. The van der Waals surface area contributed by atoms with Crippen molar-refractivity contribution in [2.75, 3.05) is 33.4 Å². The summed E-state index contributed by atoms with van der Waals surface area (Å²) in [4.78, 5) is 40.7. The van der Waals surface area contributed by atoms with Crippen molar-refractivity contribution in [1.29, 1.82) is 0 Å². The number of piperidine rings is 1. The first-order valence-electron chi connectivity index (χ1n) is 11.7. The zero-order valence-electron chi connectivity index (χ0n) is 20.8. The molecule has 188 valence electrons.